The number of aromatic nitrogens is 5. The van der Waals surface area contributed by atoms with Crippen LogP contribution in [0.25, 0.3) is 5.13 Å². The third-order valence-electron chi connectivity index (χ3n) is 9.26. The van der Waals surface area contributed by atoms with Crippen molar-refractivity contribution in [3.63, 3.8) is 0 Å². The van der Waals surface area contributed by atoms with E-state index in [1.165, 1.54) is 87.3 Å². The number of aryl methyl sites for hydroxylation is 2. The Bertz CT molecular complexity index is 1510. The predicted octanol–water partition coefficient (Wildman–Crippen LogP) is 11.3. The fourth-order valence-electron chi connectivity index (χ4n) is 6.67. The van der Waals surface area contributed by atoms with Crippen LogP contribution in [0, 0.1) is 0 Å². The molecule has 5 nitrogen and oxygen atoms in total. The molecule has 0 atom stereocenters. The van der Waals surface area contributed by atoms with E-state index in [-0.39, 0.29) is 0 Å². The summed E-state index contributed by atoms with van der Waals surface area (Å²) in [5.74, 6) is 1.03. The first-order chi connectivity index (χ1) is 24.2. The van der Waals surface area contributed by atoms with Crippen molar-refractivity contribution in [3.8, 4) is 5.13 Å². The first kappa shape index (κ1) is 37.8. The van der Waals surface area contributed by atoms with E-state index in [0.717, 1.165) is 53.7 Å². The summed E-state index contributed by atoms with van der Waals surface area (Å²) < 4.78 is 5.64. The van der Waals surface area contributed by atoms with Crippen LogP contribution in [0.2, 0.25) is 0 Å². The molecule has 0 fully saturated rings. The van der Waals surface area contributed by atoms with E-state index in [1.54, 1.807) is 11.3 Å². The molecule has 8 heteroatoms. The van der Waals surface area contributed by atoms with E-state index in [0.29, 0.717) is 0 Å². The Morgan fingerprint density at radius 2 is 1.00 bits per heavy atom. The molecule has 260 valence electrons. The molecule has 0 amide bonds. The molecule has 0 unspecified atom stereocenters. The zero-order valence-electron chi connectivity index (χ0n) is 29.7. The average molecular weight is 801 g/mol. The van der Waals surface area contributed by atoms with Gasteiger partial charge in [-0.25, -0.2) is 0 Å². The Labute approximate surface area is 306 Å². The van der Waals surface area contributed by atoms with Gasteiger partial charge >= 0.3 is 282 Å². The van der Waals surface area contributed by atoms with Crippen molar-refractivity contribution in [1.82, 2.24) is 25.0 Å². The Morgan fingerprint density at radius 3 is 1.53 bits per heavy atom. The van der Waals surface area contributed by atoms with Crippen molar-refractivity contribution in [2.24, 2.45) is 0 Å². The maximum atomic E-state index is 4.99. The van der Waals surface area contributed by atoms with Crippen molar-refractivity contribution < 1.29 is 0 Å². The van der Waals surface area contributed by atoms with E-state index in [9.17, 15) is 0 Å². The minimum absolute atomic E-state index is 0.916. The summed E-state index contributed by atoms with van der Waals surface area (Å²) in [6.07, 6.45) is 17.3. The van der Waals surface area contributed by atoms with Crippen LogP contribution in [0.3, 0.4) is 0 Å². The van der Waals surface area contributed by atoms with Gasteiger partial charge in [-0.3, -0.25) is 0 Å². The van der Waals surface area contributed by atoms with Gasteiger partial charge in [0, 0.05) is 0 Å². The molecule has 0 saturated heterocycles. The molecule has 0 N–H and O–H groups in total. The monoisotopic (exact) mass is 801 g/mol. The Hall–Kier alpha value is -2.49. The Kier molecular flexibility index (Phi) is 16.2. The fraction of sp³-hybridized carbons (Fsp3) is 0.463. The second-order valence-electron chi connectivity index (χ2n) is 13.5. The molecule has 0 aliphatic carbocycles. The van der Waals surface area contributed by atoms with Crippen LogP contribution < -0.4 is 0 Å². The molecule has 0 aliphatic rings. The van der Waals surface area contributed by atoms with Gasteiger partial charge in [0.05, 0.1) is 0 Å². The van der Waals surface area contributed by atoms with Gasteiger partial charge in [-0.2, -0.15) is 0 Å². The molecule has 5 aromatic rings. The molecule has 0 bridgehead atoms. The summed E-state index contributed by atoms with van der Waals surface area (Å²) in [5.41, 5.74) is 4.27. The molecule has 5 rings (SSSR count). The van der Waals surface area contributed by atoms with E-state index in [2.05, 4.69) is 118 Å². The molecule has 3 aromatic carbocycles. The molecule has 49 heavy (non-hydrogen) atoms. The van der Waals surface area contributed by atoms with Crippen molar-refractivity contribution in [2.45, 2.75) is 122 Å². The number of rotatable bonds is 23. The van der Waals surface area contributed by atoms with Crippen LogP contribution in [0.5, 0.6) is 0 Å². The predicted molar refractivity (Wildman–Crippen MR) is 211 cm³/mol. The third-order valence-corrected chi connectivity index (χ3v) is 28.3. The van der Waals surface area contributed by atoms with Gasteiger partial charge in [0.1, 0.15) is 0 Å². The summed E-state index contributed by atoms with van der Waals surface area (Å²) in [4.78, 5) is 0. The maximum absolute atomic E-state index is 4.99. The van der Waals surface area contributed by atoms with Crippen molar-refractivity contribution in [3.05, 3.63) is 119 Å². The van der Waals surface area contributed by atoms with Crippen LogP contribution >= 0.6 is 20.3 Å². The Morgan fingerprint density at radius 1 is 0.531 bits per heavy atom. The number of nitrogens with zero attached hydrogens (tertiary/aromatic N) is 5. The van der Waals surface area contributed by atoms with Crippen LogP contribution in [0.15, 0.2) is 96.2 Å². The standard InChI is InChI=1S/C20H35N5S2.3C7H7.Sn/c1-3-5-7-9-10-11-12-14-16-18-22-24-20(27-18)25-17(21-23-19(25)26)15-13-8-6-4-2;3*1-7-5-3-2-4-6-7;/h3-16H2,1-2H3,(H,23,26);3*2-6H,1H2;/q;;;;+1/p-1. The number of hydrogen-bond donors (Lipinski definition) is 0. The van der Waals surface area contributed by atoms with Gasteiger partial charge in [-0.05, 0) is 0 Å². The van der Waals surface area contributed by atoms with Gasteiger partial charge < -0.3 is 0 Å². The second kappa shape index (κ2) is 21.0. The first-order valence-electron chi connectivity index (χ1n) is 18.8. The van der Waals surface area contributed by atoms with E-state index in [4.69, 9.17) is 20.4 Å². The Balaban J connectivity index is 1.44. The van der Waals surface area contributed by atoms with E-state index in [1.807, 2.05) is 0 Å². The van der Waals surface area contributed by atoms with E-state index < -0.39 is 17.0 Å². The fourth-order valence-corrected chi connectivity index (χ4v) is 27.7. The van der Waals surface area contributed by atoms with Crippen LogP contribution in [0.4, 0.5) is 0 Å². The second-order valence-corrected chi connectivity index (χ2v) is 32.5. The molecule has 0 aliphatic heterocycles. The van der Waals surface area contributed by atoms with Gasteiger partial charge in [-0.15, -0.1) is 0 Å². The van der Waals surface area contributed by atoms with Crippen LogP contribution in [-0.2, 0) is 26.2 Å². The van der Waals surface area contributed by atoms with Crippen LogP contribution in [0.1, 0.15) is 118 Å². The van der Waals surface area contributed by atoms with Gasteiger partial charge in [0.25, 0.3) is 0 Å². The van der Waals surface area contributed by atoms with Gasteiger partial charge in [0.15, 0.2) is 0 Å². The number of benzene rings is 3. The van der Waals surface area contributed by atoms with E-state index >= 15 is 0 Å². The van der Waals surface area contributed by atoms with Crippen molar-refractivity contribution in [2.75, 3.05) is 0 Å². The normalized spacial score (nSPS) is 11.7. The van der Waals surface area contributed by atoms with Crippen molar-refractivity contribution >= 4 is 37.3 Å². The van der Waals surface area contributed by atoms with Gasteiger partial charge in [0.2, 0.25) is 0 Å². The summed E-state index contributed by atoms with van der Waals surface area (Å²) >= 11 is -1.53. The summed E-state index contributed by atoms with van der Waals surface area (Å²) in [6, 6.07) is 33.4. The molecule has 0 saturated carbocycles. The van der Waals surface area contributed by atoms with Gasteiger partial charge in [-0.1, -0.05) is 26.2 Å². The SMILES string of the molecule is CCCCCCCCCCc1nnc(-n2c(CCCCCC)nnc2[S][Sn]([CH2]c2ccccc2)([CH2]c2ccccc2)[CH2]c2ccccc2)s1. The number of unbranched alkanes of at least 4 members (excludes halogenated alkanes) is 10. The number of hydrogen-bond acceptors (Lipinski definition) is 6. The van der Waals surface area contributed by atoms with Crippen molar-refractivity contribution in [1.29, 1.82) is 0 Å². The summed E-state index contributed by atoms with van der Waals surface area (Å²) in [5, 5.41) is 22.5. The molecule has 2 heterocycles. The molecular weight excluding hydrogens is 745 g/mol. The molecule has 0 radical (unpaired) electrons. The topological polar surface area (TPSA) is 56.5 Å². The zero-order chi connectivity index (χ0) is 34.0. The summed E-state index contributed by atoms with van der Waals surface area (Å²) in [7, 11) is 2.09. The zero-order valence-corrected chi connectivity index (χ0v) is 34.2. The molecule has 2 aromatic heterocycles. The first-order valence-corrected chi connectivity index (χ1v) is 29.9. The minimum atomic E-state index is -3.28. The van der Waals surface area contributed by atoms with Crippen LogP contribution in [-0.4, -0.2) is 42.0 Å². The quantitative estimate of drug-likeness (QED) is 0.0486. The average Bonchev–Trinajstić information content (AvgIpc) is 3.75. The summed E-state index contributed by atoms with van der Waals surface area (Å²) in [6.45, 7) is 4.55. The molecule has 0 spiro atoms. The third kappa shape index (κ3) is 12.4. The molecular formula is C41H55N5S2Sn.